The fraction of sp³-hybridized carbons (Fsp3) is 0.455. The number of imidazole rings is 1. The highest BCUT2D eigenvalue weighted by Gasteiger charge is 2.17. The molecule has 1 unspecified atom stereocenters. The van der Waals surface area contributed by atoms with Gasteiger partial charge in [-0.15, -0.1) is 0 Å². The third-order valence-electron chi connectivity index (χ3n) is 2.74. The number of aromatic nitrogens is 3. The van der Waals surface area contributed by atoms with Crippen LogP contribution in [0.25, 0.3) is 5.65 Å². The third-order valence-corrected chi connectivity index (χ3v) is 3.13. The van der Waals surface area contributed by atoms with E-state index in [9.17, 15) is 0 Å². The van der Waals surface area contributed by atoms with Crippen molar-refractivity contribution in [3.05, 3.63) is 23.2 Å². The maximum atomic E-state index is 5.69. The maximum Gasteiger partial charge on any atom is 0.259 e. The van der Waals surface area contributed by atoms with Gasteiger partial charge in [-0.1, -0.05) is 0 Å². The number of rotatable bonds is 3. The van der Waals surface area contributed by atoms with Crippen molar-refractivity contribution < 1.29 is 9.47 Å². The lowest BCUT2D eigenvalue weighted by Gasteiger charge is -2.11. The van der Waals surface area contributed by atoms with Gasteiger partial charge in [0.25, 0.3) is 5.88 Å². The monoisotopic (exact) mass is 297 g/mol. The fourth-order valence-corrected chi connectivity index (χ4v) is 2.30. The molecule has 0 saturated carbocycles. The van der Waals surface area contributed by atoms with E-state index in [-0.39, 0.29) is 6.10 Å². The Morgan fingerprint density at radius 2 is 2.53 bits per heavy atom. The molecule has 2 aromatic heterocycles. The number of nitrogens with zero attached hydrogens (tertiary/aromatic N) is 3. The van der Waals surface area contributed by atoms with E-state index in [0.29, 0.717) is 12.5 Å². The second-order valence-corrected chi connectivity index (χ2v) is 4.79. The normalized spacial score (nSPS) is 19.9. The largest absolute Gasteiger partial charge is 0.472 e. The molecule has 90 valence electrons. The lowest BCUT2D eigenvalue weighted by molar-refractivity contribution is 0.0666. The van der Waals surface area contributed by atoms with Crippen LogP contribution in [0.4, 0.5) is 0 Å². The van der Waals surface area contributed by atoms with Gasteiger partial charge in [-0.3, -0.25) is 4.40 Å². The molecular weight excluding hydrogens is 286 g/mol. The van der Waals surface area contributed by atoms with Crippen LogP contribution in [0.1, 0.15) is 12.8 Å². The molecule has 2 aromatic rings. The zero-order valence-corrected chi connectivity index (χ0v) is 10.8. The predicted octanol–water partition coefficient (Wildman–Crippen LogP) is 2.05. The molecule has 1 aliphatic rings. The van der Waals surface area contributed by atoms with Crippen molar-refractivity contribution in [3.63, 3.8) is 0 Å². The van der Waals surface area contributed by atoms with Gasteiger partial charge in [-0.2, -0.15) is 0 Å². The Bertz CT molecular complexity index is 522. The molecule has 1 saturated heterocycles. The molecule has 0 bridgehead atoms. The number of halogens is 1. The van der Waals surface area contributed by atoms with E-state index in [1.165, 1.54) is 0 Å². The van der Waals surface area contributed by atoms with Crippen molar-refractivity contribution in [2.45, 2.75) is 18.9 Å². The second-order valence-electron chi connectivity index (χ2n) is 3.97. The van der Waals surface area contributed by atoms with E-state index >= 15 is 0 Å². The first-order valence-corrected chi connectivity index (χ1v) is 6.36. The Morgan fingerprint density at radius 1 is 1.59 bits per heavy atom. The topological polar surface area (TPSA) is 48.7 Å². The summed E-state index contributed by atoms with van der Waals surface area (Å²) in [6, 6.07) is 0. The zero-order chi connectivity index (χ0) is 11.7. The number of fused-ring (bicyclic) bond motifs is 1. The van der Waals surface area contributed by atoms with E-state index in [2.05, 4.69) is 25.9 Å². The zero-order valence-electron chi connectivity index (χ0n) is 9.17. The summed E-state index contributed by atoms with van der Waals surface area (Å²) in [4.78, 5) is 8.51. The molecule has 6 heteroatoms. The van der Waals surface area contributed by atoms with Crippen LogP contribution in [-0.4, -0.2) is 33.7 Å². The minimum Gasteiger partial charge on any atom is -0.472 e. The minimum atomic E-state index is 0.186. The lowest BCUT2D eigenvalue weighted by Crippen LogP contribution is -2.17. The summed E-state index contributed by atoms with van der Waals surface area (Å²) in [6.45, 7) is 1.37. The highest BCUT2D eigenvalue weighted by Crippen LogP contribution is 2.20. The smallest absolute Gasteiger partial charge is 0.259 e. The standard InChI is InChI=1S/C11H12BrN3O2/c12-9-6-15-4-3-13-10(15)11(14-9)17-7-8-2-1-5-16-8/h3-4,6,8H,1-2,5,7H2. The molecular formula is C11H12BrN3O2. The molecule has 0 aliphatic carbocycles. The Balaban J connectivity index is 1.81. The molecule has 5 nitrogen and oxygen atoms in total. The van der Waals surface area contributed by atoms with Gasteiger partial charge in [0.05, 0.1) is 6.10 Å². The van der Waals surface area contributed by atoms with Crippen LogP contribution in [0.5, 0.6) is 5.88 Å². The molecule has 0 spiro atoms. The molecule has 0 radical (unpaired) electrons. The number of hydrogen-bond donors (Lipinski definition) is 0. The van der Waals surface area contributed by atoms with Crippen molar-refractivity contribution in [1.29, 1.82) is 0 Å². The minimum absolute atomic E-state index is 0.186. The average molecular weight is 298 g/mol. The van der Waals surface area contributed by atoms with Crippen LogP contribution >= 0.6 is 15.9 Å². The van der Waals surface area contributed by atoms with Gasteiger partial charge in [0.15, 0.2) is 0 Å². The Kier molecular flexibility index (Phi) is 2.98. The molecule has 3 rings (SSSR count). The molecule has 17 heavy (non-hydrogen) atoms. The van der Waals surface area contributed by atoms with E-state index in [1.807, 2.05) is 16.8 Å². The molecule has 0 aromatic carbocycles. The van der Waals surface area contributed by atoms with Gasteiger partial charge in [0.2, 0.25) is 5.65 Å². The van der Waals surface area contributed by atoms with Crippen molar-refractivity contribution in [3.8, 4) is 5.88 Å². The second kappa shape index (κ2) is 4.62. The maximum absolute atomic E-state index is 5.69. The predicted molar refractivity (Wildman–Crippen MR) is 65.2 cm³/mol. The van der Waals surface area contributed by atoms with E-state index in [4.69, 9.17) is 9.47 Å². The summed E-state index contributed by atoms with van der Waals surface area (Å²) >= 11 is 3.35. The average Bonchev–Trinajstić information content (AvgIpc) is 2.95. The Morgan fingerprint density at radius 3 is 3.35 bits per heavy atom. The summed E-state index contributed by atoms with van der Waals surface area (Å²) in [5, 5.41) is 0. The molecule has 1 atom stereocenters. The van der Waals surface area contributed by atoms with Crippen molar-refractivity contribution in [2.24, 2.45) is 0 Å². The fourth-order valence-electron chi connectivity index (χ4n) is 1.92. The highest BCUT2D eigenvalue weighted by molar-refractivity contribution is 9.10. The summed E-state index contributed by atoms with van der Waals surface area (Å²) in [5.41, 5.74) is 0.728. The van der Waals surface area contributed by atoms with Crippen LogP contribution in [-0.2, 0) is 4.74 Å². The SMILES string of the molecule is Brc1cn2ccnc2c(OCC2CCCO2)n1. The van der Waals surface area contributed by atoms with E-state index in [1.54, 1.807) is 6.20 Å². The van der Waals surface area contributed by atoms with Crippen molar-refractivity contribution in [2.75, 3.05) is 13.2 Å². The van der Waals surface area contributed by atoms with Gasteiger partial charge in [0, 0.05) is 25.2 Å². The van der Waals surface area contributed by atoms with Gasteiger partial charge < -0.3 is 9.47 Å². The van der Waals surface area contributed by atoms with Gasteiger partial charge in [-0.25, -0.2) is 9.97 Å². The van der Waals surface area contributed by atoms with Crippen molar-refractivity contribution >= 4 is 21.6 Å². The van der Waals surface area contributed by atoms with E-state index in [0.717, 1.165) is 29.7 Å². The first-order valence-electron chi connectivity index (χ1n) is 5.56. The van der Waals surface area contributed by atoms with Crippen LogP contribution in [0.3, 0.4) is 0 Å². The van der Waals surface area contributed by atoms with E-state index < -0.39 is 0 Å². The number of hydrogen-bond acceptors (Lipinski definition) is 4. The van der Waals surface area contributed by atoms with Crippen LogP contribution in [0, 0.1) is 0 Å². The molecule has 1 aliphatic heterocycles. The summed E-state index contributed by atoms with van der Waals surface area (Å²) < 4.78 is 13.8. The summed E-state index contributed by atoms with van der Waals surface area (Å²) in [7, 11) is 0. The third kappa shape index (κ3) is 2.28. The van der Waals surface area contributed by atoms with Gasteiger partial charge >= 0.3 is 0 Å². The lowest BCUT2D eigenvalue weighted by atomic mass is 10.2. The Hall–Kier alpha value is -1.14. The molecule has 0 N–H and O–H groups in total. The number of ether oxygens (including phenoxy) is 2. The van der Waals surface area contributed by atoms with Crippen LogP contribution < -0.4 is 4.74 Å². The molecule has 1 fully saturated rings. The Labute approximate surface area is 107 Å². The first kappa shape index (κ1) is 11.0. The van der Waals surface area contributed by atoms with Crippen LogP contribution in [0.15, 0.2) is 23.2 Å². The summed E-state index contributed by atoms with van der Waals surface area (Å²) in [6.07, 6.45) is 7.78. The van der Waals surface area contributed by atoms with Crippen molar-refractivity contribution in [1.82, 2.24) is 14.4 Å². The van der Waals surface area contributed by atoms with Gasteiger partial charge in [0.1, 0.15) is 11.2 Å². The molecule has 0 amide bonds. The summed E-state index contributed by atoms with van der Waals surface area (Å²) in [5.74, 6) is 0.542. The van der Waals surface area contributed by atoms with Crippen LogP contribution in [0.2, 0.25) is 0 Å². The quantitative estimate of drug-likeness (QED) is 0.870. The highest BCUT2D eigenvalue weighted by atomic mass is 79.9. The molecule has 3 heterocycles. The van der Waals surface area contributed by atoms with Gasteiger partial charge in [-0.05, 0) is 28.8 Å². The first-order chi connectivity index (χ1) is 8.33.